The van der Waals surface area contributed by atoms with Crippen molar-refractivity contribution < 1.29 is 9.59 Å². The fourth-order valence-corrected chi connectivity index (χ4v) is 4.75. The van der Waals surface area contributed by atoms with E-state index in [-0.39, 0.29) is 41.6 Å². The number of likely N-dealkylation sites (N-methyl/N-ethyl adjacent to an activating group) is 1. The molecular formula is C19H25Cl2N3O2. The van der Waals surface area contributed by atoms with Gasteiger partial charge in [-0.3, -0.25) is 9.59 Å². The Hall–Kier alpha value is -1.30. The highest BCUT2D eigenvalue weighted by atomic mass is 35.5. The lowest BCUT2D eigenvalue weighted by Gasteiger charge is -2.27. The van der Waals surface area contributed by atoms with Crippen LogP contribution in [0.4, 0.5) is 5.69 Å². The number of hydrogen-bond acceptors (Lipinski definition) is 3. The van der Waals surface area contributed by atoms with E-state index in [1.54, 1.807) is 22.9 Å². The van der Waals surface area contributed by atoms with Gasteiger partial charge in [0.2, 0.25) is 11.8 Å². The van der Waals surface area contributed by atoms with Crippen molar-refractivity contribution in [2.24, 2.45) is 11.3 Å². The molecule has 2 amide bonds. The number of rotatable bonds is 3. The van der Waals surface area contributed by atoms with Gasteiger partial charge in [0.15, 0.2) is 0 Å². The Kier molecular flexibility index (Phi) is 5.52. The van der Waals surface area contributed by atoms with Crippen molar-refractivity contribution in [3.63, 3.8) is 0 Å². The number of nitrogens with zero attached hydrogens (tertiary/aromatic N) is 2. The summed E-state index contributed by atoms with van der Waals surface area (Å²) in [4.78, 5) is 29.2. The Labute approximate surface area is 165 Å². The summed E-state index contributed by atoms with van der Waals surface area (Å²) in [5.74, 6) is 0.215. The molecule has 2 aliphatic heterocycles. The second-order valence-electron chi connectivity index (χ2n) is 7.56. The van der Waals surface area contributed by atoms with E-state index in [0.717, 1.165) is 38.0 Å². The number of benzene rings is 1. The Morgan fingerprint density at radius 3 is 2.69 bits per heavy atom. The SMILES string of the molecule is CN(C(=O)C1CC12CCNCC2)C1CCN(c2ccccc2Cl)C1=O.Cl. The molecule has 142 valence electrons. The highest BCUT2D eigenvalue weighted by Gasteiger charge is 2.59. The van der Waals surface area contributed by atoms with Crippen molar-refractivity contribution in [3.05, 3.63) is 29.3 Å². The number of amides is 2. The van der Waals surface area contributed by atoms with Gasteiger partial charge in [-0.2, -0.15) is 0 Å². The van der Waals surface area contributed by atoms with Gasteiger partial charge in [0.05, 0.1) is 10.7 Å². The van der Waals surface area contributed by atoms with Crippen LogP contribution in [-0.2, 0) is 9.59 Å². The van der Waals surface area contributed by atoms with Crippen LogP contribution in [0.1, 0.15) is 25.7 Å². The average Bonchev–Trinajstić information content (AvgIpc) is 3.17. The Morgan fingerprint density at radius 1 is 1.31 bits per heavy atom. The molecule has 0 bridgehead atoms. The summed E-state index contributed by atoms with van der Waals surface area (Å²) in [6.07, 6.45) is 3.78. The van der Waals surface area contributed by atoms with Crippen LogP contribution in [-0.4, -0.2) is 49.4 Å². The summed E-state index contributed by atoms with van der Waals surface area (Å²) < 4.78 is 0. The Morgan fingerprint density at radius 2 is 2.00 bits per heavy atom. The third kappa shape index (κ3) is 3.21. The van der Waals surface area contributed by atoms with Crippen LogP contribution in [0.5, 0.6) is 0 Å². The monoisotopic (exact) mass is 397 g/mol. The van der Waals surface area contributed by atoms with Gasteiger partial charge in [-0.15, -0.1) is 12.4 Å². The second kappa shape index (κ2) is 7.37. The quantitative estimate of drug-likeness (QED) is 0.852. The van der Waals surface area contributed by atoms with Gasteiger partial charge in [-0.25, -0.2) is 0 Å². The van der Waals surface area contributed by atoms with Gasteiger partial charge in [0, 0.05) is 19.5 Å². The second-order valence-corrected chi connectivity index (χ2v) is 7.97. The molecule has 1 aromatic carbocycles. The molecule has 1 saturated carbocycles. The number of carbonyl (C=O) groups excluding carboxylic acids is 2. The lowest BCUT2D eigenvalue weighted by Crippen LogP contribution is -2.44. The number of para-hydroxylation sites is 1. The molecule has 2 heterocycles. The van der Waals surface area contributed by atoms with Crippen molar-refractivity contribution in [1.82, 2.24) is 10.2 Å². The van der Waals surface area contributed by atoms with Gasteiger partial charge < -0.3 is 15.1 Å². The van der Waals surface area contributed by atoms with Crippen LogP contribution in [0.2, 0.25) is 5.02 Å². The maximum Gasteiger partial charge on any atom is 0.249 e. The number of hydrogen-bond donors (Lipinski definition) is 1. The van der Waals surface area contributed by atoms with Gasteiger partial charge in [-0.1, -0.05) is 23.7 Å². The molecule has 2 atom stereocenters. The molecule has 1 aromatic rings. The lowest BCUT2D eigenvalue weighted by molar-refractivity contribution is -0.138. The van der Waals surface area contributed by atoms with Crippen molar-refractivity contribution in [1.29, 1.82) is 0 Å². The molecule has 5 nitrogen and oxygen atoms in total. The van der Waals surface area contributed by atoms with Gasteiger partial charge in [0.25, 0.3) is 0 Å². The molecule has 26 heavy (non-hydrogen) atoms. The van der Waals surface area contributed by atoms with Crippen LogP contribution >= 0.6 is 24.0 Å². The zero-order chi connectivity index (χ0) is 17.6. The number of nitrogens with one attached hydrogen (secondary N) is 1. The van der Waals surface area contributed by atoms with E-state index in [1.807, 2.05) is 18.2 Å². The molecule has 2 unspecified atom stereocenters. The van der Waals surface area contributed by atoms with Gasteiger partial charge >= 0.3 is 0 Å². The number of anilines is 1. The molecule has 3 fully saturated rings. The van der Waals surface area contributed by atoms with E-state index >= 15 is 0 Å². The maximum absolute atomic E-state index is 12.9. The van der Waals surface area contributed by atoms with Crippen molar-refractivity contribution >= 4 is 41.5 Å². The molecule has 7 heteroatoms. The average molecular weight is 398 g/mol. The van der Waals surface area contributed by atoms with E-state index in [1.165, 1.54) is 0 Å². The third-order valence-electron chi connectivity index (χ3n) is 6.22. The van der Waals surface area contributed by atoms with Gasteiger partial charge in [0.1, 0.15) is 6.04 Å². The van der Waals surface area contributed by atoms with Crippen molar-refractivity contribution in [2.45, 2.75) is 31.7 Å². The van der Waals surface area contributed by atoms with Crippen molar-refractivity contribution in [3.8, 4) is 0 Å². The molecule has 0 radical (unpaired) electrons. The minimum Gasteiger partial charge on any atom is -0.333 e. The summed E-state index contributed by atoms with van der Waals surface area (Å²) in [5, 5.41) is 3.93. The highest BCUT2D eigenvalue weighted by Crippen LogP contribution is 2.59. The van der Waals surface area contributed by atoms with Crippen LogP contribution in [0.25, 0.3) is 0 Å². The zero-order valence-electron chi connectivity index (χ0n) is 14.9. The minimum absolute atomic E-state index is 0. The largest absolute Gasteiger partial charge is 0.333 e. The summed E-state index contributed by atoms with van der Waals surface area (Å²) >= 11 is 6.24. The summed E-state index contributed by atoms with van der Waals surface area (Å²) in [6, 6.07) is 7.00. The first-order valence-corrected chi connectivity index (χ1v) is 9.45. The van der Waals surface area contributed by atoms with Crippen LogP contribution in [0, 0.1) is 11.3 Å². The highest BCUT2D eigenvalue weighted by molar-refractivity contribution is 6.34. The molecule has 4 rings (SSSR count). The van der Waals surface area contributed by atoms with Crippen LogP contribution < -0.4 is 10.2 Å². The first-order valence-electron chi connectivity index (χ1n) is 9.07. The zero-order valence-corrected chi connectivity index (χ0v) is 16.5. The third-order valence-corrected chi connectivity index (χ3v) is 6.54. The fraction of sp³-hybridized carbons (Fsp3) is 0.579. The van der Waals surface area contributed by atoms with E-state index < -0.39 is 0 Å². The minimum atomic E-state index is -0.372. The molecule has 2 saturated heterocycles. The smallest absolute Gasteiger partial charge is 0.249 e. The summed E-state index contributed by atoms with van der Waals surface area (Å²) in [7, 11) is 1.79. The van der Waals surface area contributed by atoms with E-state index in [2.05, 4.69) is 5.32 Å². The molecule has 3 aliphatic rings. The summed E-state index contributed by atoms with van der Waals surface area (Å²) in [5.41, 5.74) is 0.930. The van der Waals surface area contributed by atoms with E-state index in [0.29, 0.717) is 18.0 Å². The lowest BCUT2D eigenvalue weighted by atomic mass is 9.91. The predicted octanol–water partition coefficient (Wildman–Crippen LogP) is 2.72. The number of carbonyl (C=O) groups is 2. The fourth-order valence-electron chi connectivity index (χ4n) is 4.51. The van der Waals surface area contributed by atoms with Gasteiger partial charge in [-0.05, 0) is 56.3 Å². The molecule has 0 aromatic heterocycles. The normalized spacial score (nSPS) is 26.5. The molecular weight excluding hydrogens is 373 g/mol. The first-order chi connectivity index (χ1) is 12.0. The topological polar surface area (TPSA) is 52.7 Å². The predicted molar refractivity (Wildman–Crippen MR) is 105 cm³/mol. The first kappa shape index (κ1) is 19.5. The van der Waals surface area contributed by atoms with Crippen molar-refractivity contribution in [2.75, 3.05) is 31.6 Å². The Balaban J connectivity index is 0.00000196. The number of piperidine rings is 1. The number of halogens is 2. The summed E-state index contributed by atoms with van der Waals surface area (Å²) in [6.45, 7) is 2.59. The molecule has 1 N–H and O–H groups in total. The standard InChI is InChI=1S/C19H24ClN3O2.ClH/c1-22(17(24)13-12-19(13)7-9-21-10-8-19)16-6-11-23(18(16)25)15-5-3-2-4-14(15)20;/h2-5,13,16,21H,6-12H2,1H3;1H. The molecule has 1 spiro atoms. The Bertz CT molecular complexity index is 706. The van der Waals surface area contributed by atoms with Crippen LogP contribution in [0.15, 0.2) is 24.3 Å². The maximum atomic E-state index is 12.9. The van der Waals surface area contributed by atoms with Crippen LogP contribution in [0.3, 0.4) is 0 Å². The van der Waals surface area contributed by atoms with E-state index in [9.17, 15) is 9.59 Å². The molecule has 1 aliphatic carbocycles. The van der Waals surface area contributed by atoms with E-state index in [4.69, 9.17) is 11.6 Å².